The fourth-order valence-corrected chi connectivity index (χ4v) is 1.56. The summed E-state index contributed by atoms with van der Waals surface area (Å²) in [6.07, 6.45) is 5.50. The summed E-state index contributed by atoms with van der Waals surface area (Å²) < 4.78 is 0. The first kappa shape index (κ1) is 12.6. The molecule has 0 aliphatic rings. The van der Waals surface area contributed by atoms with Crippen molar-refractivity contribution in [2.45, 2.75) is 20.8 Å². The van der Waals surface area contributed by atoms with Gasteiger partial charge >= 0.3 is 0 Å². The van der Waals surface area contributed by atoms with E-state index in [1.54, 1.807) is 6.20 Å². The molecule has 3 nitrogen and oxygen atoms in total. The summed E-state index contributed by atoms with van der Waals surface area (Å²) in [7, 11) is 0. The van der Waals surface area contributed by atoms with Gasteiger partial charge in [0, 0.05) is 36.3 Å². The summed E-state index contributed by atoms with van der Waals surface area (Å²) in [5.74, 6) is 0.914. The second-order valence-corrected chi connectivity index (χ2v) is 5.59. The first-order valence-corrected chi connectivity index (χ1v) is 6.15. The van der Waals surface area contributed by atoms with Gasteiger partial charge in [-0.25, -0.2) is 4.98 Å². The minimum atomic E-state index is 0.254. The minimum Gasteiger partial charge on any atom is -0.370 e. The third kappa shape index (κ3) is 3.55. The zero-order chi connectivity index (χ0) is 13.0. The average Bonchev–Trinajstić information content (AvgIpc) is 2.37. The highest BCUT2D eigenvalue weighted by Crippen LogP contribution is 2.19. The van der Waals surface area contributed by atoms with Crippen molar-refractivity contribution >= 4 is 5.82 Å². The van der Waals surface area contributed by atoms with E-state index < -0.39 is 0 Å². The normalized spacial score (nSPS) is 11.3. The molecule has 2 heterocycles. The van der Waals surface area contributed by atoms with Crippen molar-refractivity contribution in [1.29, 1.82) is 0 Å². The predicted molar refractivity (Wildman–Crippen MR) is 75.4 cm³/mol. The predicted octanol–water partition coefficient (Wildman–Crippen LogP) is 3.60. The van der Waals surface area contributed by atoms with Crippen LogP contribution in [0.5, 0.6) is 0 Å². The van der Waals surface area contributed by atoms with E-state index in [9.17, 15) is 0 Å². The molecule has 2 rings (SSSR count). The van der Waals surface area contributed by atoms with Gasteiger partial charge in [-0.1, -0.05) is 26.8 Å². The topological polar surface area (TPSA) is 37.8 Å². The van der Waals surface area contributed by atoms with Crippen LogP contribution in [0.2, 0.25) is 0 Å². The maximum Gasteiger partial charge on any atom is 0.125 e. The Morgan fingerprint density at radius 2 is 1.83 bits per heavy atom. The highest BCUT2D eigenvalue weighted by molar-refractivity contribution is 5.62. The molecule has 2 aromatic heterocycles. The SMILES string of the molecule is CC(C)(C)CNc1ccc(-c2cccnc2)cn1. The highest BCUT2D eigenvalue weighted by Gasteiger charge is 2.09. The molecule has 0 saturated carbocycles. The molecule has 2 aromatic rings. The van der Waals surface area contributed by atoms with Gasteiger partial charge in [0.2, 0.25) is 0 Å². The lowest BCUT2D eigenvalue weighted by Crippen LogP contribution is -2.19. The Hall–Kier alpha value is -1.90. The van der Waals surface area contributed by atoms with Gasteiger partial charge in [-0.05, 0) is 23.6 Å². The molecule has 0 spiro atoms. The van der Waals surface area contributed by atoms with Crippen LogP contribution in [0.3, 0.4) is 0 Å². The van der Waals surface area contributed by atoms with Crippen molar-refractivity contribution in [1.82, 2.24) is 9.97 Å². The van der Waals surface area contributed by atoms with Crippen LogP contribution in [0.4, 0.5) is 5.82 Å². The van der Waals surface area contributed by atoms with Gasteiger partial charge in [0.25, 0.3) is 0 Å². The van der Waals surface area contributed by atoms with E-state index in [1.165, 1.54) is 0 Å². The first-order chi connectivity index (χ1) is 8.54. The maximum absolute atomic E-state index is 4.42. The standard InChI is InChI=1S/C15H19N3/c1-15(2,3)11-18-14-7-6-13(10-17-14)12-5-4-8-16-9-12/h4-10H,11H2,1-3H3,(H,17,18). The van der Waals surface area contributed by atoms with Gasteiger partial charge in [0.05, 0.1) is 0 Å². The van der Waals surface area contributed by atoms with Crippen molar-refractivity contribution < 1.29 is 0 Å². The van der Waals surface area contributed by atoms with Gasteiger partial charge < -0.3 is 5.32 Å². The Morgan fingerprint density at radius 3 is 2.39 bits per heavy atom. The quantitative estimate of drug-likeness (QED) is 0.892. The summed E-state index contributed by atoms with van der Waals surface area (Å²) in [4.78, 5) is 8.53. The minimum absolute atomic E-state index is 0.254. The molecule has 0 amide bonds. The zero-order valence-corrected chi connectivity index (χ0v) is 11.1. The average molecular weight is 241 g/mol. The Balaban J connectivity index is 2.07. The number of aromatic nitrogens is 2. The maximum atomic E-state index is 4.42. The Kier molecular flexibility index (Phi) is 3.60. The molecule has 0 aliphatic heterocycles. The van der Waals surface area contributed by atoms with E-state index in [0.29, 0.717) is 0 Å². The summed E-state index contributed by atoms with van der Waals surface area (Å²) in [5.41, 5.74) is 2.43. The van der Waals surface area contributed by atoms with Gasteiger partial charge in [-0.15, -0.1) is 0 Å². The van der Waals surface area contributed by atoms with E-state index in [0.717, 1.165) is 23.5 Å². The van der Waals surface area contributed by atoms with Crippen LogP contribution in [0.25, 0.3) is 11.1 Å². The van der Waals surface area contributed by atoms with Crippen molar-refractivity contribution in [2.24, 2.45) is 5.41 Å². The van der Waals surface area contributed by atoms with E-state index >= 15 is 0 Å². The Bertz CT molecular complexity index is 483. The van der Waals surface area contributed by atoms with Crippen LogP contribution in [-0.4, -0.2) is 16.5 Å². The second-order valence-electron chi connectivity index (χ2n) is 5.59. The zero-order valence-electron chi connectivity index (χ0n) is 11.1. The molecule has 0 aliphatic carbocycles. The van der Waals surface area contributed by atoms with Crippen LogP contribution >= 0.6 is 0 Å². The molecule has 0 aromatic carbocycles. The molecule has 0 radical (unpaired) electrons. The molecular formula is C15H19N3. The summed E-state index contributed by atoms with van der Waals surface area (Å²) in [6, 6.07) is 8.04. The van der Waals surface area contributed by atoms with Gasteiger partial charge in [-0.2, -0.15) is 0 Å². The number of nitrogens with zero attached hydrogens (tertiary/aromatic N) is 2. The van der Waals surface area contributed by atoms with Crippen LogP contribution in [0, 0.1) is 5.41 Å². The van der Waals surface area contributed by atoms with Crippen molar-refractivity contribution in [3.8, 4) is 11.1 Å². The summed E-state index contributed by atoms with van der Waals surface area (Å²) in [6.45, 7) is 7.50. The molecule has 1 N–H and O–H groups in total. The number of pyridine rings is 2. The number of rotatable bonds is 3. The summed E-state index contributed by atoms with van der Waals surface area (Å²) in [5, 5.41) is 3.34. The van der Waals surface area contributed by atoms with Gasteiger partial charge in [-0.3, -0.25) is 4.98 Å². The molecule has 0 saturated heterocycles. The lowest BCUT2D eigenvalue weighted by atomic mass is 9.97. The number of nitrogens with one attached hydrogen (secondary N) is 1. The van der Waals surface area contributed by atoms with Crippen LogP contribution in [-0.2, 0) is 0 Å². The number of hydrogen-bond acceptors (Lipinski definition) is 3. The lowest BCUT2D eigenvalue weighted by molar-refractivity contribution is 0.442. The monoisotopic (exact) mass is 241 g/mol. The Morgan fingerprint density at radius 1 is 1.06 bits per heavy atom. The molecule has 0 unspecified atom stereocenters. The molecule has 94 valence electrons. The van der Waals surface area contributed by atoms with Gasteiger partial charge in [0.15, 0.2) is 0 Å². The smallest absolute Gasteiger partial charge is 0.125 e. The van der Waals surface area contributed by atoms with Crippen molar-refractivity contribution in [2.75, 3.05) is 11.9 Å². The van der Waals surface area contributed by atoms with Crippen LogP contribution < -0.4 is 5.32 Å². The van der Waals surface area contributed by atoms with Crippen molar-refractivity contribution in [3.63, 3.8) is 0 Å². The third-order valence-corrected chi connectivity index (χ3v) is 2.56. The lowest BCUT2D eigenvalue weighted by Gasteiger charge is -2.19. The van der Waals surface area contributed by atoms with Crippen LogP contribution in [0.1, 0.15) is 20.8 Å². The molecular weight excluding hydrogens is 222 g/mol. The van der Waals surface area contributed by atoms with E-state index in [1.807, 2.05) is 30.6 Å². The largest absolute Gasteiger partial charge is 0.370 e. The number of anilines is 1. The van der Waals surface area contributed by atoms with Crippen LogP contribution in [0.15, 0.2) is 42.9 Å². The summed E-state index contributed by atoms with van der Waals surface area (Å²) >= 11 is 0. The molecule has 0 atom stereocenters. The van der Waals surface area contributed by atoms with E-state index in [4.69, 9.17) is 0 Å². The Labute approximate surface area is 108 Å². The fourth-order valence-electron chi connectivity index (χ4n) is 1.56. The third-order valence-electron chi connectivity index (χ3n) is 2.56. The molecule has 0 bridgehead atoms. The molecule has 18 heavy (non-hydrogen) atoms. The van der Waals surface area contributed by atoms with Gasteiger partial charge in [0.1, 0.15) is 5.82 Å². The first-order valence-electron chi connectivity index (χ1n) is 6.15. The van der Waals surface area contributed by atoms with Crippen molar-refractivity contribution in [3.05, 3.63) is 42.9 Å². The van der Waals surface area contributed by atoms with E-state index in [-0.39, 0.29) is 5.41 Å². The second kappa shape index (κ2) is 5.17. The molecule has 3 heteroatoms. The highest BCUT2D eigenvalue weighted by atomic mass is 15.0. The number of hydrogen-bond donors (Lipinski definition) is 1. The molecule has 0 fully saturated rings. The fraction of sp³-hybridized carbons (Fsp3) is 0.333. The van der Waals surface area contributed by atoms with E-state index in [2.05, 4.69) is 42.1 Å².